The van der Waals surface area contributed by atoms with Gasteiger partial charge in [-0.25, -0.2) is 12.8 Å². The topological polar surface area (TPSA) is 72.6 Å². The molecule has 1 aromatic carbocycles. The standard InChI is InChI=1S/C13H19FN2O3S2/c1-9(2)16(7-8-19-3)21(17,18)11-6-4-5-10(14)12(11)13(15)20/h4-6,9H,7-8H2,1-3H3,(H2,15,20). The molecule has 0 aliphatic heterocycles. The first-order valence-corrected chi connectivity index (χ1v) is 8.17. The summed E-state index contributed by atoms with van der Waals surface area (Å²) in [6.45, 7) is 3.85. The average molecular weight is 334 g/mol. The molecule has 0 saturated heterocycles. The normalized spacial score (nSPS) is 12.1. The summed E-state index contributed by atoms with van der Waals surface area (Å²) in [7, 11) is -2.44. The maximum atomic E-state index is 13.9. The molecule has 21 heavy (non-hydrogen) atoms. The van der Waals surface area contributed by atoms with E-state index in [0.29, 0.717) is 0 Å². The number of benzene rings is 1. The highest BCUT2D eigenvalue weighted by atomic mass is 32.2. The van der Waals surface area contributed by atoms with Crippen LogP contribution in [0.1, 0.15) is 19.4 Å². The lowest BCUT2D eigenvalue weighted by Crippen LogP contribution is -2.40. The first-order valence-electron chi connectivity index (χ1n) is 6.32. The van der Waals surface area contributed by atoms with E-state index in [9.17, 15) is 12.8 Å². The summed E-state index contributed by atoms with van der Waals surface area (Å²) in [6.07, 6.45) is 0. The Hall–Kier alpha value is -1.09. The molecule has 2 N–H and O–H groups in total. The first kappa shape index (κ1) is 18.0. The molecular formula is C13H19FN2O3S2. The Bertz CT molecular complexity index is 618. The van der Waals surface area contributed by atoms with E-state index < -0.39 is 15.8 Å². The molecule has 0 fully saturated rings. The van der Waals surface area contributed by atoms with Crippen molar-refractivity contribution in [1.29, 1.82) is 0 Å². The van der Waals surface area contributed by atoms with Crippen LogP contribution in [0.5, 0.6) is 0 Å². The second-order valence-electron chi connectivity index (χ2n) is 4.68. The van der Waals surface area contributed by atoms with Crippen LogP contribution in [-0.2, 0) is 14.8 Å². The molecule has 0 aliphatic rings. The molecule has 118 valence electrons. The number of halogens is 1. The summed E-state index contributed by atoms with van der Waals surface area (Å²) < 4.78 is 45.5. The fourth-order valence-electron chi connectivity index (χ4n) is 1.92. The number of sulfonamides is 1. The smallest absolute Gasteiger partial charge is 0.244 e. The van der Waals surface area contributed by atoms with E-state index in [4.69, 9.17) is 22.7 Å². The predicted octanol–water partition coefficient (Wildman–Crippen LogP) is 1.51. The number of thiocarbonyl (C=S) groups is 1. The van der Waals surface area contributed by atoms with Gasteiger partial charge in [-0.3, -0.25) is 0 Å². The van der Waals surface area contributed by atoms with Crippen LogP contribution in [0.2, 0.25) is 0 Å². The highest BCUT2D eigenvalue weighted by Crippen LogP contribution is 2.24. The number of rotatable bonds is 7. The van der Waals surface area contributed by atoms with Crippen LogP contribution in [-0.4, -0.2) is 44.0 Å². The third-order valence-electron chi connectivity index (χ3n) is 2.90. The minimum absolute atomic E-state index is 0.157. The van der Waals surface area contributed by atoms with E-state index in [1.165, 1.54) is 23.5 Å². The number of hydrogen-bond donors (Lipinski definition) is 1. The second-order valence-corrected chi connectivity index (χ2v) is 6.98. The Labute approximate surface area is 129 Å². The molecule has 0 bridgehead atoms. The molecular weight excluding hydrogens is 315 g/mol. The van der Waals surface area contributed by atoms with Crippen LogP contribution in [0.25, 0.3) is 0 Å². The lowest BCUT2D eigenvalue weighted by Gasteiger charge is -2.26. The average Bonchev–Trinajstić information content (AvgIpc) is 2.37. The van der Waals surface area contributed by atoms with Crippen molar-refractivity contribution in [2.24, 2.45) is 5.73 Å². The van der Waals surface area contributed by atoms with E-state index in [0.717, 1.165) is 6.07 Å². The maximum absolute atomic E-state index is 13.9. The van der Waals surface area contributed by atoms with Crippen molar-refractivity contribution in [2.45, 2.75) is 24.8 Å². The maximum Gasteiger partial charge on any atom is 0.244 e. The third kappa shape index (κ3) is 3.97. The van der Waals surface area contributed by atoms with Gasteiger partial charge < -0.3 is 10.5 Å². The lowest BCUT2D eigenvalue weighted by molar-refractivity contribution is 0.171. The summed E-state index contributed by atoms with van der Waals surface area (Å²) in [5.74, 6) is -0.751. The second kappa shape index (κ2) is 7.26. The van der Waals surface area contributed by atoms with Crippen LogP contribution in [0, 0.1) is 5.82 Å². The van der Waals surface area contributed by atoms with Gasteiger partial charge in [-0.2, -0.15) is 4.31 Å². The Balaban J connectivity index is 3.42. The summed E-state index contributed by atoms with van der Waals surface area (Å²) in [4.78, 5) is -0.512. The fourth-order valence-corrected chi connectivity index (χ4v) is 4.03. The monoisotopic (exact) mass is 334 g/mol. The number of methoxy groups -OCH3 is 1. The lowest BCUT2D eigenvalue weighted by atomic mass is 10.2. The van der Waals surface area contributed by atoms with E-state index in [2.05, 4.69) is 0 Å². The van der Waals surface area contributed by atoms with Gasteiger partial charge in [0.05, 0.1) is 17.1 Å². The molecule has 0 aromatic heterocycles. The van der Waals surface area contributed by atoms with Crippen LogP contribution < -0.4 is 5.73 Å². The molecule has 0 heterocycles. The van der Waals surface area contributed by atoms with Crippen LogP contribution in [0.3, 0.4) is 0 Å². The van der Waals surface area contributed by atoms with Gasteiger partial charge in [0.2, 0.25) is 10.0 Å². The third-order valence-corrected chi connectivity index (χ3v) is 5.22. The first-order chi connectivity index (χ1) is 9.73. The van der Waals surface area contributed by atoms with Gasteiger partial charge in [-0.15, -0.1) is 0 Å². The predicted molar refractivity (Wildman–Crippen MR) is 83.2 cm³/mol. The fraction of sp³-hybridized carbons (Fsp3) is 0.462. The highest BCUT2D eigenvalue weighted by molar-refractivity contribution is 7.89. The van der Waals surface area contributed by atoms with Gasteiger partial charge in [0.15, 0.2) is 0 Å². The number of ether oxygens (including phenoxy) is 1. The molecule has 0 radical (unpaired) electrons. The number of nitrogens with zero attached hydrogens (tertiary/aromatic N) is 1. The molecule has 5 nitrogen and oxygen atoms in total. The Morgan fingerprint density at radius 2 is 2.10 bits per heavy atom. The zero-order valence-electron chi connectivity index (χ0n) is 12.2. The molecule has 0 unspecified atom stereocenters. The number of hydrogen-bond acceptors (Lipinski definition) is 4. The van der Waals surface area contributed by atoms with Crippen LogP contribution >= 0.6 is 12.2 Å². The molecule has 0 spiro atoms. The Kier molecular flexibility index (Phi) is 6.21. The highest BCUT2D eigenvalue weighted by Gasteiger charge is 2.30. The summed E-state index contributed by atoms with van der Waals surface area (Å²) in [6, 6.07) is 3.43. The van der Waals surface area contributed by atoms with Gasteiger partial charge in [0, 0.05) is 19.7 Å². The van der Waals surface area contributed by atoms with Crippen LogP contribution in [0.15, 0.2) is 23.1 Å². The zero-order valence-corrected chi connectivity index (χ0v) is 13.8. The van der Waals surface area contributed by atoms with Gasteiger partial charge in [-0.1, -0.05) is 18.3 Å². The quantitative estimate of drug-likeness (QED) is 0.765. The summed E-state index contributed by atoms with van der Waals surface area (Å²) in [5.41, 5.74) is 5.22. The number of nitrogens with two attached hydrogens (primary N) is 1. The largest absolute Gasteiger partial charge is 0.389 e. The van der Waals surface area contributed by atoms with E-state index in [-0.39, 0.29) is 34.6 Å². The molecule has 0 atom stereocenters. The minimum Gasteiger partial charge on any atom is -0.389 e. The molecule has 0 saturated carbocycles. The molecule has 0 aliphatic carbocycles. The van der Waals surface area contributed by atoms with Gasteiger partial charge >= 0.3 is 0 Å². The van der Waals surface area contributed by atoms with E-state index in [1.807, 2.05) is 0 Å². The molecule has 8 heteroatoms. The van der Waals surface area contributed by atoms with Crippen LogP contribution in [0.4, 0.5) is 4.39 Å². The van der Waals surface area contributed by atoms with Crippen molar-refractivity contribution in [3.8, 4) is 0 Å². The van der Waals surface area contributed by atoms with Gasteiger partial charge in [-0.05, 0) is 26.0 Å². The van der Waals surface area contributed by atoms with Crippen molar-refractivity contribution in [3.63, 3.8) is 0 Å². The summed E-state index contributed by atoms with van der Waals surface area (Å²) >= 11 is 4.78. The SMILES string of the molecule is COCCN(C(C)C)S(=O)(=O)c1cccc(F)c1C(N)=S. The zero-order chi connectivity index (χ0) is 16.2. The molecule has 0 amide bonds. The minimum atomic E-state index is -3.92. The van der Waals surface area contributed by atoms with Crippen molar-refractivity contribution >= 4 is 27.2 Å². The Morgan fingerprint density at radius 3 is 2.57 bits per heavy atom. The van der Waals surface area contributed by atoms with Gasteiger partial charge in [0.25, 0.3) is 0 Å². The van der Waals surface area contributed by atoms with Crippen molar-refractivity contribution in [1.82, 2.24) is 4.31 Å². The van der Waals surface area contributed by atoms with Crippen molar-refractivity contribution in [3.05, 3.63) is 29.6 Å². The van der Waals surface area contributed by atoms with Gasteiger partial charge in [0.1, 0.15) is 10.8 Å². The van der Waals surface area contributed by atoms with Crippen molar-refractivity contribution < 1.29 is 17.5 Å². The summed E-state index contributed by atoms with van der Waals surface area (Å²) in [5, 5.41) is 0. The van der Waals surface area contributed by atoms with Crippen molar-refractivity contribution in [2.75, 3.05) is 20.3 Å². The van der Waals surface area contributed by atoms with E-state index >= 15 is 0 Å². The Morgan fingerprint density at radius 1 is 1.48 bits per heavy atom. The molecule has 1 aromatic rings. The molecule has 1 rings (SSSR count). The van der Waals surface area contributed by atoms with E-state index in [1.54, 1.807) is 13.8 Å².